The van der Waals surface area contributed by atoms with Crippen LogP contribution in [-0.2, 0) is 11.0 Å². The lowest BCUT2D eigenvalue weighted by Crippen LogP contribution is -2.31. The standard InChI is InChI=1S/C12H15ClF3N3O2/c1-7(20)5-18-10(21)2-3-17-11-9(13)4-8(6-19-11)12(14,15)16/h4,6-7,20H,2-3,5H2,1H3,(H,17,19)(H,18,21). The van der Waals surface area contributed by atoms with Gasteiger partial charge < -0.3 is 15.7 Å². The molecule has 0 saturated carbocycles. The van der Waals surface area contributed by atoms with E-state index in [1.165, 1.54) is 6.92 Å². The summed E-state index contributed by atoms with van der Waals surface area (Å²) < 4.78 is 37.2. The Hall–Kier alpha value is -1.54. The van der Waals surface area contributed by atoms with Crippen LogP contribution in [0.4, 0.5) is 19.0 Å². The summed E-state index contributed by atoms with van der Waals surface area (Å²) >= 11 is 5.69. The Morgan fingerprint density at radius 2 is 2.19 bits per heavy atom. The minimum Gasteiger partial charge on any atom is -0.392 e. The highest BCUT2D eigenvalue weighted by Crippen LogP contribution is 2.32. The van der Waals surface area contributed by atoms with Crippen LogP contribution in [0, 0.1) is 0 Å². The van der Waals surface area contributed by atoms with Crippen molar-refractivity contribution in [3.63, 3.8) is 0 Å². The second-order valence-corrected chi connectivity index (χ2v) is 4.79. The first-order chi connectivity index (χ1) is 9.70. The molecule has 21 heavy (non-hydrogen) atoms. The van der Waals surface area contributed by atoms with Crippen molar-refractivity contribution in [3.05, 3.63) is 22.8 Å². The average molecular weight is 326 g/mol. The van der Waals surface area contributed by atoms with Gasteiger partial charge in [0.15, 0.2) is 0 Å². The molecule has 3 N–H and O–H groups in total. The van der Waals surface area contributed by atoms with E-state index in [1.54, 1.807) is 0 Å². The Kier molecular flexibility index (Phi) is 6.22. The van der Waals surface area contributed by atoms with Crippen molar-refractivity contribution >= 4 is 23.3 Å². The summed E-state index contributed by atoms with van der Waals surface area (Å²) in [6, 6.07) is 0.768. The summed E-state index contributed by atoms with van der Waals surface area (Å²) in [5, 5.41) is 14.0. The van der Waals surface area contributed by atoms with Gasteiger partial charge in [-0.1, -0.05) is 11.6 Å². The summed E-state index contributed by atoms with van der Waals surface area (Å²) in [6.45, 7) is 1.83. The van der Waals surface area contributed by atoms with E-state index in [4.69, 9.17) is 16.7 Å². The van der Waals surface area contributed by atoms with Gasteiger partial charge >= 0.3 is 6.18 Å². The Bertz CT molecular complexity index is 495. The molecule has 0 aliphatic carbocycles. The van der Waals surface area contributed by atoms with Gasteiger partial charge in [0.05, 0.1) is 16.7 Å². The largest absolute Gasteiger partial charge is 0.417 e. The first kappa shape index (κ1) is 17.5. The number of carbonyl (C=O) groups excluding carboxylic acids is 1. The number of aliphatic hydroxyl groups excluding tert-OH is 1. The van der Waals surface area contributed by atoms with Crippen molar-refractivity contribution in [2.75, 3.05) is 18.4 Å². The number of anilines is 1. The Morgan fingerprint density at radius 1 is 1.52 bits per heavy atom. The minimum atomic E-state index is -4.50. The van der Waals surface area contributed by atoms with Crippen molar-refractivity contribution in [1.29, 1.82) is 0 Å². The number of aromatic nitrogens is 1. The van der Waals surface area contributed by atoms with Crippen LogP contribution in [0.2, 0.25) is 5.02 Å². The molecule has 0 aromatic carbocycles. The molecule has 0 bridgehead atoms. The third-order valence-electron chi connectivity index (χ3n) is 2.41. The number of pyridine rings is 1. The van der Waals surface area contributed by atoms with Gasteiger partial charge in [0.25, 0.3) is 0 Å². The average Bonchev–Trinajstić information content (AvgIpc) is 2.37. The SMILES string of the molecule is CC(O)CNC(=O)CCNc1ncc(C(F)(F)F)cc1Cl. The molecule has 0 fully saturated rings. The molecular weight excluding hydrogens is 311 g/mol. The molecule has 0 radical (unpaired) electrons. The van der Waals surface area contributed by atoms with E-state index in [0.29, 0.717) is 6.20 Å². The van der Waals surface area contributed by atoms with Crippen molar-refractivity contribution in [1.82, 2.24) is 10.3 Å². The summed E-state index contributed by atoms with van der Waals surface area (Å²) in [6.07, 6.45) is -4.41. The van der Waals surface area contributed by atoms with E-state index in [9.17, 15) is 18.0 Å². The molecule has 0 aliphatic heterocycles. The monoisotopic (exact) mass is 325 g/mol. The number of halogens is 4. The van der Waals surface area contributed by atoms with Crippen LogP contribution in [0.25, 0.3) is 0 Å². The van der Waals surface area contributed by atoms with E-state index in [2.05, 4.69) is 15.6 Å². The highest BCUT2D eigenvalue weighted by Gasteiger charge is 2.31. The first-order valence-corrected chi connectivity index (χ1v) is 6.49. The number of aliphatic hydroxyl groups is 1. The molecule has 1 amide bonds. The van der Waals surface area contributed by atoms with E-state index in [1.807, 2.05) is 0 Å². The van der Waals surface area contributed by atoms with Gasteiger partial charge in [-0.2, -0.15) is 13.2 Å². The number of rotatable bonds is 6. The number of nitrogens with zero attached hydrogens (tertiary/aromatic N) is 1. The molecule has 0 aliphatic rings. The van der Waals surface area contributed by atoms with E-state index in [-0.39, 0.29) is 36.3 Å². The van der Waals surface area contributed by atoms with Crippen molar-refractivity contribution in [2.45, 2.75) is 25.6 Å². The summed E-state index contributed by atoms with van der Waals surface area (Å²) in [5.41, 5.74) is -0.937. The highest BCUT2D eigenvalue weighted by atomic mass is 35.5. The lowest BCUT2D eigenvalue weighted by atomic mass is 10.2. The van der Waals surface area contributed by atoms with Gasteiger partial charge in [-0.3, -0.25) is 4.79 Å². The summed E-state index contributed by atoms with van der Waals surface area (Å²) in [4.78, 5) is 14.9. The second kappa shape index (κ2) is 7.46. The quantitative estimate of drug-likeness (QED) is 0.748. The zero-order chi connectivity index (χ0) is 16.0. The molecule has 1 atom stereocenters. The van der Waals surface area contributed by atoms with E-state index >= 15 is 0 Å². The van der Waals surface area contributed by atoms with Crippen LogP contribution in [-0.4, -0.2) is 35.2 Å². The molecule has 0 saturated heterocycles. The van der Waals surface area contributed by atoms with Crippen LogP contribution in [0.3, 0.4) is 0 Å². The Labute approximate surface area is 124 Å². The second-order valence-electron chi connectivity index (χ2n) is 4.38. The van der Waals surface area contributed by atoms with Gasteiger partial charge in [-0.25, -0.2) is 4.98 Å². The molecule has 118 valence electrons. The fourth-order valence-corrected chi connectivity index (χ4v) is 1.60. The Morgan fingerprint density at radius 3 is 2.71 bits per heavy atom. The smallest absolute Gasteiger partial charge is 0.392 e. The molecule has 5 nitrogen and oxygen atoms in total. The maximum atomic E-state index is 12.4. The van der Waals surface area contributed by atoms with Crippen LogP contribution in [0.1, 0.15) is 18.9 Å². The first-order valence-electron chi connectivity index (χ1n) is 6.11. The topological polar surface area (TPSA) is 74.2 Å². The lowest BCUT2D eigenvalue weighted by Gasteiger charge is -2.11. The fourth-order valence-electron chi connectivity index (χ4n) is 1.37. The maximum absolute atomic E-state index is 12.4. The van der Waals surface area contributed by atoms with Gasteiger partial charge in [0, 0.05) is 25.7 Å². The van der Waals surface area contributed by atoms with Crippen molar-refractivity contribution in [2.24, 2.45) is 0 Å². The number of hydrogen-bond acceptors (Lipinski definition) is 4. The van der Waals surface area contributed by atoms with E-state index in [0.717, 1.165) is 6.07 Å². The van der Waals surface area contributed by atoms with Gasteiger partial charge in [-0.15, -0.1) is 0 Å². The molecule has 9 heteroatoms. The third-order valence-corrected chi connectivity index (χ3v) is 2.70. The summed E-state index contributed by atoms with van der Waals surface area (Å²) in [5.74, 6) is -0.223. The molecule has 0 spiro atoms. The molecule has 1 heterocycles. The normalized spacial score (nSPS) is 12.9. The molecule has 1 unspecified atom stereocenters. The Balaban J connectivity index is 2.48. The van der Waals surface area contributed by atoms with Gasteiger partial charge in [0.1, 0.15) is 5.82 Å². The van der Waals surface area contributed by atoms with Crippen LogP contribution in [0.15, 0.2) is 12.3 Å². The zero-order valence-corrected chi connectivity index (χ0v) is 11.9. The highest BCUT2D eigenvalue weighted by molar-refractivity contribution is 6.32. The minimum absolute atomic E-state index is 0.0751. The molecule has 1 rings (SSSR count). The van der Waals surface area contributed by atoms with Crippen LogP contribution in [0.5, 0.6) is 0 Å². The predicted molar refractivity (Wildman–Crippen MR) is 72.0 cm³/mol. The number of nitrogens with one attached hydrogen (secondary N) is 2. The van der Waals surface area contributed by atoms with Crippen LogP contribution >= 0.6 is 11.6 Å². The number of amides is 1. The van der Waals surface area contributed by atoms with Crippen molar-refractivity contribution in [3.8, 4) is 0 Å². The summed E-state index contributed by atoms with van der Waals surface area (Å²) in [7, 11) is 0. The van der Waals surface area contributed by atoms with E-state index < -0.39 is 17.8 Å². The number of hydrogen-bond donors (Lipinski definition) is 3. The van der Waals surface area contributed by atoms with Gasteiger partial charge in [0.2, 0.25) is 5.91 Å². The fraction of sp³-hybridized carbons (Fsp3) is 0.500. The van der Waals surface area contributed by atoms with Crippen molar-refractivity contribution < 1.29 is 23.1 Å². The number of alkyl halides is 3. The third kappa shape index (κ3) is 6.17. The molecular formula is C12H15ClF3N3O2. The maximum Gasteiger partial charge on any atom is 0.417 e. The lowest BCUT2D eigenvalue weighted by molar-refractivity contribution is -0.137. The zero-order valence-electron chi connectivity index (χ0n) is 11.2. The predicted octanol–water partition coefficient (Wildman–Crippen LogP) is 2.05. The molecule has 1 aromatic rings. The number of carbonyl (C=O) groups is 1. The van der Waals surface area contributed by atoms with Crippen LogP contribution < -0.4 is 10.6 Å². The van der Waals surface area contributed by atoms with Gasteiger partial charge in [-0.05, 0) is 13.0 Å². The molecule has 1 aromatic heterocycles.